The van der Waals surface area contributed by atoms with E-state index in [4.69, 9.17) is 9.47 Å². The Morgan fingerprint density at radius 2 is 1.93 bits per heavy atom. The number of hydrogen-bond donors (Lipinski definition) is 1. The summed E-state index contributed by atoms with van der Waals surface area (Å²) in [6, 6.07) is 12.3. The van der Waals surface area contributed by atoms with Crippen molar-refractivity contribution in [3.05, 3.63) is 53.6 Å². The molecule has 0 aliphatic rings. The van der Waals surface area contributed by atoms with Gasteiger partial charge in [0.1, 0.15) is 11.3 Å². The summed E-state index contributed by atoms with van der Waals surface area (Å²) in [7, 11) is 1.59. The molecule has 0 saturated carbocycles. The third-order valence-corrected chi connectivity index (χ3v) is 4.03. The average Bonchev–Trinajstić information content (AvgIpc) is 3.13. The lowest BCUT2D eigenvalue weighted by molar-refractivity contribution is -0.124. The van der Waals surface area contributed by atoms with Crippen LogP contribution in [0.1, 0.15) is 22.8 Å². The number of aromatic nitrogens is 3. The monoisotopic (exact) mass is 368 g/mol. The number of nitrogens with one attached hydrogen (secondary N) is 1. The number of hydrogen-bond acceptors (Lipinski definition) is 6. The molecule has 2 aromatic carbocycles. The summed E-state index contributed by atoms with van der Waals surface area (Å²) in [5.74, 6) is -0.213. The Kier molecular flexibility index (Phi) is 5.65. The van der Waals surface area contributed by atoms with Crippen molar-refractivity contribution in [2.45, 2.75) is 20.0 Å². The Hall–Kier alpha value is -3.42. The summed E-state index contributed by atoms with van der Waals surface area (Å²) < 4.78 is 11.9. The van der Waals surface area contributed by atoms with Crippen molar-refractivity contribution in [2.24, 2.45) is 0 Å². The molecule has 27 heavy (non-hydrogen) atoms. The minimum Gasteiger partial charge on any atom is -0.497 e. The van der Waals surface area contributed by atoms with E-state index in [1.165, 1.54) is 0 Å². The van der Waals surface area contributed by atoms with Crippen molar-refractivity contribution in [3.63, 3.8) is 0 Å². The topological polar surface area (TPSA) is 95.3 Å². The van der Waals surface area contributed by atoms with Crippen LogP contribution in [0.4, 0.5) is 0 Å². The Morgan fingerprint density at radius 1 is 1.15 bits per heavy atom. The van der Waals surface area contributed by atoms with Crippen LogP contribution in [0.15, 0.2) is 42.5 Å². The van der Waals surface area contributed by atoms with Gasteiger partial charge in [0.2, 0.25) is 0 Å². The Bertz CT molecular complexity index is 950. The van der Waals surface area contributed by atoms with E-state index in [0.717, 1.165) is 16.8 Å². The molecule has 140 valence electrons. The van der Waals surface area contributed by atoms with E-state index in [9.17, 15) is 9.59 Å². The van der Waals surface area contributed by atoms with Crippen LogP contribution >= 0.6 is 0 Å². The van der Waals surface area contributed by atoms with Gasteiger partial charge in [-0.1, -0.05) is 17.3 Å². The van der Waals surface area contributed by atoms with Crippen molar-refractivity contribution in [1.82, 2.24) is 20.3 Å². The first-order valence-corrected chi connectivity index (χ1v) is 8.50. The second kappa shape index (κ2) is 8.31. The number of benzene rings is 2. The van der Waals surface area contributed by atoms with Crippen molar-refractivity contribution in [3.8, 4) is 5.75 Å². The molecule has 3 rings (SSSR count). The van der Waals surface area contributed by atoms with Crippen molar-refractivity contribution in [2.75, 3.05) is 13.7 Å². The number of ether oxygens (including phenoxy) is 2. The van der Waals surface area contributed by atoms with E-state index >= 15 is 0 Å². The zero-order chi connectivity index (χ0) is 19.2. The average molecular weight is 368 g/mol. The molecule has 0 bridgehead atoms. The lowest BCUT2D eigenvalue weighted by atomic mass is 10.2. The summed E-state index contributed by atoms with van der Waals surface area (Å²) in [4.78, 5) is 24.0. The summed E-state index contributed by atoms with van der Waals surface area (Å²) in [6.07, 6.45) is 0. The van der Waals surface area contributed by atoms with Gasteiger partial charge in [0.15, 0.2) is 6.61 Å². The Labute approximate surface area is 156 Å². The van der Waals surface area contributed by atoms with Gasteiger partial charge in [-0.25, -0.2) is 9.48 Å². The molecule has 0 saturated heterocycles. The van der Waals surface area contributed by atoms with Gasteiger partial charge in [-0.3, -0.25) is 4.79 Å². The van der Waals surface area contributed by atoms with Crippen molar-refractivity contribution < 1.29 is 19.1 Å². The Balaban J connectivity index is 1.51. The van der Waals surface area contributed by atoms with E-state index < -0.39 is 5.97 Å². The van der Waals surface area contributed by atoms with Gasteiger partial charge in [-0.15, -0.1) is 5.10 Å². The summed E-state index contributed by atoms with van der Waals surface area (Å²) in [6.45, 7) is 2.64. The van der Waals surface area contributed by atoms with Crippen LogP contribution in [-0.4, -0.2) is 40.6 Å². The molecule has 1 heterocycles. The highest BCUT2D eigenvalue weighted by molar-refractivity contribution is 5.94. The molecule has 0 radical (unpaired) electrons. The lowest BCUT2D eigenvalue weighted by Crippen LogP contribution is -2.28. The number of aryl methyl sites for hydroxylation is 1. The highest BCUT2D eigenvalue weighted by Crippen LogP contribution is 2.14. The number of nitrogens with zero attached hydrogens (tertiary/aromatic N) is 3. The van der Waals surface area contributed by atoms with Crippen LogP contribution in [0.25, 0.3) is 11.0 Å². The summed E-state index contributed by atoms with van der Waals surface area (Å²) >= 11 is 0. The van der Waals surface area contributed by atoms with Gasteiger partial charge >= 0.3 is 5.97 Å². The molecule has 0 spiro atoms. The molecule has 0 aliphatic carbocycles. The van der Waals surface area contributed by atoms with Gasteiger partial charge < -0.3 is 14.8 Å². The Morgan fingerprint density at radius 3 is 2.63 bits per heavy atom. The second-order valence-corrected chi connectivity index (χ2v) is 5.81. The molecule has 8 heteroatoms. The molecule has 0 unspecified atom stereocenters. The maximum atomic E-state index is 12.1. The van der Waals surface area contributed by atoms with Crippen LogP contribution in [0.2, 0.25) is 0 Å². The fraction of sp³-hybridized carbons (Fsp3) is 0.263. The molecular weight excluding hydrogens is 348 g/mol. The highest BCUT2D eigenvalue weighted by atomic mass is 16.5. The van der Waals surface area contributed by atoms with E-state index in [2.05, 4.69) is 15.6 Å². The van der Waals surface area contributed by atoms with Crippen LogP contribution in [0, 0.1) is 0 Å². The van der Waals surface area contributed by atoms with Gasteiger partial charge in [0.05, 0.1) is 18.2 Å². The first kappa shape index (κ1) is 18.4. The third-order valence-electron chi connectivity index (χ3n) is 4.03. The molecule has 1 amide bonds. The largest absolute Gasteiger partial charge is 0.497 e. The number of methoxy groups -OCH3 is 1. The molecule has 0 aliphatic heterocycles. The fourth-order valence-electron chi connectivity index (χ4n) is 2.54. The number of carbonyl (C=O) groups excluding carboxylic acids is 2. The summed E-state index contributed by atoms with van der Waals surface area (Å²) in [5.41, 5.74) is 2.69. The summed E-state index contributed by atoms with van der Waals surface area (Å²) in [5, 5.41) is 10.7. The molecule has 1 N–H and O–H groups in total. The first-order valence-electron chi connectivity index (χ1n) is 8.50. The molecule has 0 atom stereocenters. The van der Waals surface area contributed by atoms with E-state index in [1.807, 2.05) is 31.2 Å². The van der Waals surface area contributed by atoms with Crippen molar-refractivity contribution in [1.29, 1.82) is 0 Å². The van der Waals surface area contributed by atoms with Crippen LogP contribution < -0.4 is 10.1 Å². The lowest BCUT2D eigenvalue weighted by Gasteiger charge is -2.07. The minimum absolute atomic E-state index is 0.327. The molecule has 0 fully saturated rings. The fourth-order valence-corrected chi connectivity index (χ4v) is 2.54. The predicted octanol–water partition coefficient (Wildman–Crippen LogP) is 1.93. The minimum atomic E-state index is -0.581. The van der Waals surface area contributed by atoms with Crippen LogP contribution in [0.5, 0.6) is 5.75 Å². The number of carbonyl (C=O) groups is 2. The van der Waals surface area contributed by atoms with E-state index in [0.29, 0.717) is 24.2 Å². The number of esters is 1. The maximum Gasteiger partial charge on any atom is 0.338 e. The van der Waals surface area contributed by atoms with Crippen LogP contribution in [-0.2, 0) is 22.6 Å². The maximum absolute atomic E-state index is 12.1. The molecule has 1 aromatic heterocycles. The molecule has 8 nitrogen and oxygen atoms in total. The van der Waals surface area contributed by atoms with E-state index in [1.54, 1.807) is 30.0 Å². The SMILES string of the molecule is CCn1nnc2cc(C(=O)OCC(=O)NCc3ccc(OC)cc3)ccc21. The first-order chi connectivity index (χ1) is 13.1. The number of rotatable bonds is 7. The van der Waals surface area contributed by atoms with Gasteiger partial charge in [-0.05, 0) is 42.8 Å². The predicted molar refractivity (Wildman–Crippen MR) is 98.3 cm³/mol. The van der Waals surface area contributed by atoms with E-state index in [-0.39, 0.29) is 12.5 Å². The zero-order valence-corrected chi connectivity index (χ0v) is 15.1. The highest BCUT2D eigenvalue weighted by Gasteiger charge is 2.13. The second-order valence-electron chi connectivity index (χ2n) is 5.81. The third kappa shape index (κ3) is 4.41. The molecule has 3 aromatic rings. The zero-order valence-electron chi connectivity index (χ0n) is 15.1. The van der Waals surface area contributed by atoms with Gasteiger partial charge in [-0.2, -0.15) is 0 Å². The van der Waals surface area contributed by atoms with Gasteiger partial charge in [0.25, 0.3) is 5.91 Å². The number of amides is 1. The number of fused-ring (bicyclic) bond motifs is 1. The molecular formula is C19H20N4O4. The quantitative estimate of drug-likeness (QED) is 0.640. The standard InChI is InChI=1S/C19H20N4O4/c1-3-23-17-9-6-14(10-16(17)21-22-23)19(25)27-12-18(24)20-11-13-4-7-15(26-2)8-5-13/h4-10H,3,11-12H2,1-2H3,(H,20,24). The van der Waals surface area contributed by atoms with Crippen LogP contribution in [0.3, 0.4) is 0 Å². The smallest absolute Gasteiger partial charge is 0.338 e. The van der Waals surface area contributed by atoms with Crippen molar-refractivity contribution >= 4 is 22.9 Å². The van der Waals surface area contributed by atoms with Gasteiger partial charge in [0, 0.05) is 13.1 Å². The normalized spacial score (nSPS) is 10.6.